The fraction of sp³-hybridized carbons (Fsp3) is 0.316. The number of carbonyl (C=O) groups is 2. The number of benzene rings is 1. The standard InChI is InChI=1S/C19H18ClN3O3.H2S/c20-15-3-4-16(21-11-15)23-8-7-19(18(23)25)6-5-12-9-13(17(24)22-26)1-2-14(12)10-19;/h1-4,9,11,26H,5-8,10H2,(H,22,24);1H2/t19-;/m1./s1. The summed E-state index contributed by atoms with van der Waals surface area (Å²) in [6.07, 6.45) is 4.47. The Bertz CT molecular complexity index is 890. The van der Waals surface area contributed by atoms with E-state index in [0.717, 1.165) is 30.4 Å². The highest BCUT2D eigenvalue weighted by Crippen LogP contribution is 2.44. The molecule has 2 aromatic rings. The molecule has 0 saturated carbocycles. The number of rotatable bonds is 2. The van der Waals surface area contributed by atoms with Gasteiger partial charge in [-0.2, -0.15) is 13.5 Å². The topological polar surface area (TPSA) is 82.5 Å². The van der Waals surface area contributed by atoms with E-state index < -0.39 is 11.3 Å². The number of nitrogens with one attached hydrogen (secondary N) is 1. The molecule has 1 aliphatic carbocycles. The zero-order valence-corrected chi connectivity index (χ0v) is 16.3. The number of anilines is 1. The van der Waals surface area contributed by atoms with Crippen LogP contribution in [0.5, 0.6) is 0 Å². The Morgan fingerprint density at radius 2 is 2.04 bits per heavy atom. The lowest BCUT2D eigenvalue weighted by atomic mass is 9.70. The number of carbonyl (C=O) groups excluding carboxylic acids is 2. The van der Waals surface area contributed by atoms with Crippen LogP contribution >= 0.6 is 25.1 Å². The van der Waals surface area contributed by atoms with Crippen LogP contribution in [-0.2, 0) is 17.6 Å². The van der Waals surface area contributed by atoms with Crippen molar-refractivity contribution in [3.8, 4) is 0 Å². The van der Waals surface area contributed by atoms with E-state index in [1.807, 2.05) is 6.07 Å². The summed E-state index contributed by atoms with van der Waals surface area (Å²) in [5.74, 6) is 0.220. The normalized spacial score (nSPS) is 21.0. The van der Waals surface area contributed by atoms with Crippen molar-refractivity contribution in [2.45, 2.75) is 25.7 Å². The summed E-state index contributed by atoms with van der Waals surface area (Å²) in [6, 6.07) is 8.88. The number of halogens is 1. The molecule has 1 aromatic heterocycles. The first-order valence-electron chi connectivity index (χ1n) is 8.52. The number of fused-ring (bicyclic) bond motifs is 1. The second-order valence-corrected chi connectivity index (χ2v) is 7.36. The number of hydroxylamine groups is 1. The third-order valence-electron chi connectivity index (χ3n) is 5.47. The maximum absolute atomic E-state index is 13.2. The maximum atomic E-state index is 13.2. The van der Waals surface area contributed by atoms with Gasteiger partial charge in [-0.1, -0.05) is 17.7 Å². The van der Waals surface area contributed by atoms with Gasteiger partial charge in [0.1, 0.15) is 5.82 Å². The number of pyridine rings is 1. The maximum Gasteiger partial charge on any atom is 0.274 e. The molecule has 8 heteroatoms. The molecule has 2 N–H and O–H groups in total. The Kier molecular flexibility index (Phi) is 5.46. The van der Waals surface area contributed by atoms with Crippen molar-refractivity contribution in [1.82, 2.24) is 10.5 Å². The van der Waals surface area contributed by atoms with E-state index in [1.54, 1.807) is 40.8 Å². The van der Waals surface area contributed by atoms with Gasteiger partial charge < -0.3 is 0 Å². The summed E-state index contributed by atoms with van der Waals surface area (Å²) in [6.45, 7) is 0.647. The minimum atomic E-state index is -0.523. The number of nitrogens with zero attached hydrogens (tertiary/aromatic N) is 2. The van der Waals surface area contributed by atoms with Gasteiger partial charge in [0.25, 0.3) is 5.91 Å². The molecule has 6 nitrogen and oxygen atoms in total. The highest BCUT2D eigenvalue weighted by Gasteiger charge is 2.48. The van der Waals surface area contributed by atoms with Crippen LogP contribution in [0.3, 0.4) is 0 Å². The monoisotopic (exact) mass is 405 g/mol. The van der Waals surface area contributed by atoms with Crippen molar-refractivity contribution >= 4 is 42.7 Å². The molecule has 2 aliphatic rings. The van der Waals surface area contributed by atoms with Crippen LogP contribution < -0.4 is 10.4 Å². The van der Waals surface area contributed by atoms with Crippen LogP contribution in [0.25, 0.3) is 0 Å². The van der Waals surface area contributed by atoms with Crippen molar-refractivity contribution in [2.24, 2.45) is 5.41 Å². The summed E-state index contributed by atoms with van der Waals surface area (Å²) < 4.78 is 0. The molecule has 2 heterocycles. The Hall–Kier alpha value is -2.09. The van der Waals surface area contributed by atoms with Gasteiger partial charge in [0.2, 0.25) is 5.91 Å². The number of aryl methyl sites for hydroxylation is 1. The van der Waals surface area contributed by atoms with Crippen LogP contribution in [0.1, 0.15) is 34.3 Å². The van der Waals surface area contributed by atoms with E-state index in [0.29, 0.717) is 29.4 Å². The second kappa shape index (κ2) is 7.50. The lowest BCUT2D eigenvalue weighted by molar-refractivity contribution is -0.126. The van der Waals surface area contributed by atoms with Crippen LogP contribution in [0.2, 0.25) is 5.02 Å². The fourth-order valence-corrected chi connectivity index (χ4v) is 4.14. The number of amides is 2. The Labute approximate surface area is 168 Å². The molecule has 0 unspecified atom stereocenters. The molecule has 0 bridgehead atoms. The molecule has 1 spiro atoms. The smallest absolute Gasteiger partial charge is 0.274 e. The predicted octanol–water partition coefficient (Wildman–Crippen LogP) is 2.88. The van der Waals surface area contributed by atoms with Crippen LogP contribution in [0.15, 0.2) is 36.5 Å². The zero-order valence-electron chi connectivity index (χ0n) is 14.5. The van der Waals surface area contributed by atoms with Gasteiger partial charge in [-0.3, -0.25) is 19.7 Å². The highest BCUT2D eigenvalue weighted by atomic mass is 35.5. The van der Waals surface area contributed by atoms with Gasteiger partial charge in [-0.05, 0) is 61.1 Å². The SMILES string of the molecule is O=C(NO)c1ccc2c(c1)CC[C@@]1(CCN(c3ccc(Cl)cn3)C1=O)C2.S. The first-order valence-corrected chi connectivity index (χ1v) is 8.90. The van der Waals surface area contributed by atoms with E-state index in [2.05, 4.69) is 4.98 Å². The van der Waals surface area contributed by atoms with Gasteiger partial charge in [-0.25, -0.2) is 10.5 Å². The molecule has 1 aliphatic heterocycles. The van der Waals surface area contributed by atoms with Crippen LogP contribution in [0, 0.1) is 5.41 Å². The van der Waals surface area contributed by atoms with E-state index in [9.17, 15) is 9.59 Å². The Balaban J connectivity index is 0.00000210. The van der Waals surface area contributed by atoms with E-state index in [1.165, 1.54) is 0 Å². The zero-order chi connectivity index (χ0) is 18.3. The average Bonchev–Trinajstić information content (AvgIpc) is 2.97. The van der Waals surface area contributed by atoms with Gasteiger partial charge >= 0.3 is 0 Å². The largest absolute Gasteiger partial charge is 0.296 e. The van der Waals surface area contributed by atoms with Crippen molar-refractivity contribution < 1.29 is 14.8 Å². The molecular formula is C19H20ClN3O3S. The van der Waals surface area contributed by atoms with Gasteiger partial charge in [-0.15, -0.1) is 0 Å². The minimum Gasteiger partial charge on any atom is -0.296 e. The lowest BCUT2D eigenvalue weighted by Crippen LogP contribution is -2.39. The number of hydrogen-bond donors (Lipinski definition) is 2. The van der Waals surface area contributed by atoms with E-state index in [-0.39, 0.29) is 19.4 Å². The quantitative estimate of drug-likeness (QED) is 0.594. The summed E-state index contributed by atoms with van der Waals surface area (Å²) in [5.41, 5.74) is 3.82. The molecule has 1 aromatic carbocycles. The molecule has 1 atom stereocenters. The van der Waals surface area contributed by atoms with Gasteiger partial charge in [0, 0.05) is 18.3 Å². The van der Waals surface area contributed by atoms with Crippen molar-refractivity contribution in [1.29, 1.82) is 0 Å². The summed E-state index contributed by atoms with van der Waals surface area (Å²) in [4.78, 5) is 30.8. The lowest BCUT2D eigenvalue weighted by Gasteiger charge is -2.33. The molecule has 1 saturated heterocycles. The first kappa shape index (κ1) is 19.7. The molecule has 4 rings (SSSR count). The molecule has 27 heavy (non-hydrogen) atoms. The molecule has 0 radical (unpaired) electrons. The Morgan fingerprint density at radius 1 is 1.22 bits per heavy atom. The Morgan fingerprint density at radius 3 is 2.74 bits per heavy atom. The third kappa shape index (κ3) is 3.42. The van der Waals surface area contributed by atoms with E-state index in [4.69, 9.17) is 16.8 Å². The molecule has 142 valence electrons. The van der Waals surface area contributed by atoms with Crippen molar-refractivity contribution in [3.05, 3.63) is 58.2 Å². The number of aromatic nitrogens is 1. The van der Waals surface area contributed by atoms with Crippen LogP contribution in [0.4, 0.5) is 5.82 Å². The van der Waals surface area contributed by atoms with Crippen LogP contribution in [-0.4, -0.2) is 28.6 Å². The number of hydrogen-bond acceptors (Lipinski definition) is 4. The first-order chi connectivity index (χ1) is 12.5. The van der Waals surface area contributed by atoms with Crippen molar-refractivity contribution in [3.63, 3.8) is 0 Å². The highest BCUT2D eigenvalue weighted by molar-refractivity contribution is 7.59. The molecule has 1 fully saturated rings. The fourth-order valence-electron chi connectivity index (χ4n) is 4.03. The molecular weight excluding hydrogens is 386 g/mol. The van der Waals surface area contributed by atoms with E-state index >= 15 is 0 Å². The van der Waals surface area contributed by atoms with Gasteiger partial charge in [0.05, 0.1) is 10.4 Å². The predicted molar refractivity (Wildman–Crippen MR) is 107 cm³/mol. The summed E-state index contributed by atoms with van der Waals surface area (Å²) in [5, 5.41) is 9.33. The van der Waals surface area contributed by atoms with Gasteiger partial charge in [0.15, 0.2) is 0 Å². The minimum absolute atomic E-state index is 0. The summed E-state index contributed by atoms with van der Waals surface area (Å²) in [7, 11) is 0. The average molecular weight is 406 g/mol. The van der Waals surface area contributed by atoms with Crippen molar-refractivity contribution in [2.75, 3.05) is 11.4 Å². The molecule has 2 amide bonds. The third-order valence-corrected chi connectivity index (χ3v) is 5.70. The summed E-state index contributed by atoms with van der Waals surface area (Å²) >= 11 is 5.89. The second-order valence-electron chi connectivity index (χ2n) is 6.92.